The van der Waals surface area contributed by atoms with E-state index in [-0.39, 0.29) is 8.68 Å². The van der Waals surface area contributed by atoms with Crippen LogP contribution in [-0.2, 0) is 10.0 Å². The van der Waals surface area contributed by atoms with E-state index in [1.54, 1.807) is 12.3 Å². The van der Waals surface area contributed by atoms with Crippen LogP contribution in [0.5, 0.6) is 0 Å². The fraction of sp³-hybridized carbons (Fsp3) is 0.0909. The number of sulfonamides is 1. The van der Waals surface area contributed by atoms with Crippen molar-refractivity contribution in [2.24, 2.45) is 0 Å². The molecule has 19 heavy (non-hydrogen) atoms. The average Bonchev–Trinajstić information content (AvgIpc) is 2.73. The third-order valence-electron chi connectivity index (χ3n) is 2.37. The molecule has 4 nitrogen and oxygen atoms in total. The lowest BCUT2D eigenvalue weighted by Crippen LogP contribution is -2.12. The first-order chi connectivity index (χ1) is 8.79. The fourth-order valence-corrected chi connectivity index (χ4v) is 3.97. The third-order valence-corrected chi connectivity index (χ3v) is 5.80. The molecule has 0 aliphatic rings. The number of halogens is 2. The minimum atomic E-state index is -3.70. The minimum absolute atomic E-state index is 0.116. The molecular formula is C11H10BrFN2O2S2. The van der Waals surface area contributed by atoms with Crippen molar-refractivity contribution >= 4 is 48.7 Å². The smallest absolute Gasteiger partial charge is 0.271 e. The van der Waals surface area contributed by atoms with Gasteiger partial charge in [-0.2, -0.15) is 0 Å². The van der Waals surface area contributed by atoms with Gasteiger partial charge in [-0.15, -0.1) is 11.3 Å². The van der Waals surface area contributed by atoms with E-state index in [9.17, 15) is 12.8 Å². The Morgan fingerprint density at radius 1 is 1.37 bits per heavy atom. The van der Waals surface area contributed by atoms with Crippen molar-refractivity contribution in [1.29, 1.82) is 0 Å². The maximum Gasteiger partial charge on any atom is 0.271 e. The van der Waals surface area contributed by atoms with E-state index in [0.29, 0.717) is 16.9 Å². The molecular weight excluding hydrogens is 355 g/mol. The molecule has 2 rings (SSSR count). The summed E-state index contributed by atoms with van der Waals surface area (Å²) in [6.07, 6.45) is 0. The van der Waals surface area contributed by atoms with Crippen LogP contribution in [0.4, 0.5) is 15.8 Å². The van der Waals surface area contributed by atoms with Crippen molar-refractivity contribution in [2.75, 3.05) is 10.5 Å². The maximum atomic E-state index is 13.3. The van der Waals surface area contributed by atoms with E-state index in [2.05, 4.69) is 20.7 Å². The number of nitrogens with two attached hydrogens (primary N) is 1. The highest BCUT2D eigenvalue weighted by molar-refractivity contribution is 9.10. The summed E-state index contributed by atoms with van der Waals surface area (Å²) in [5.41, 5.74) is 6.71. The molecule has 0 atom stereocenters. The molecule has 3 N–H and O–H groups in total. The summed E-state index contributed by atoms with van der Waals surface area (Å²) in [5, 5.41) is 1.54. The summed E-state index contributed by atoms with van der Waals surface area (Å²) >= 11 is 4.05. The Morgan fingerprint density at radius 2 is 2.05 bits per heavy atom. The van der Waals surface area contributed by atoms with E-state index in [4.69, 9.17) is 5.73 Å². The van der Waals surface area contributed by atoms with E-state index in [1.807, 2.05) is 0 Å². The monoisotopic (exact) mass is 364 g/mol. The van der Waals surface area contributed by atoms with Crippen molar-refractivity contribution in [3.8, 4) is 0 Å². The number of anilines is 2. The molecule has 1 aromatic heterocycles. The number of nitrogens with one attached hydrogen (secondary N) is 1. The maximum absolute atomic E-state index is 13.3. The first kappa shape index (κ1) is 14.3. The van der Waals surface area contributed by atoms with E-state index < -0.39 is 15.8 Å². The first-order valence-corrected chi connectivity index (χ1v) is 8.27. The van der Waals surface area contributed by atoms with Gasteiger partial charge < -0.3 is 5.73 Å². The van der Waals surface area contributed by atoms with Gasteiger partial charge in [0.25, 0.3) is 10.0 Å². The van der Waals surface area contributed by atoms with Crippen LogP contribution in [0.1, 0.15) is 5.56 Å². The lowest BCUT2D eigenvalue weighted by molar-refractivity contribution is 0.602. The second-order valence-corrected chi connectivity index (χ2v) is 7.56. The molecule has 0 saturated carbocycles. The molecule has 0 fully saturated rings. The molecule has 0 unspecified atom stereocenters. The van der Waals surface area contributed by atoms with Crippen LogP contribution in [0.25, 0.3) is 0 Å². The Labute approximate surface area is 122 Å². The normalized spacial score (nSPS) is 11.5. The number of hydrogen-bond donors (Lipinski definition) is 2. The number of thiophene rings is 1. The molecule has 0 saturated heterocycles. The number of rotatable bonds is 3. The zero-order valence-electron chi connectivity index (χ0n) is 9.78. The van der Waals surface area contributed by atoms with E-state index in [0.717, 1.165) is 11.3 Å². The molecule has 0 radical (unpaired) electrons. The van der Waals surface area contributed by atoms with Gasteiger partial charge in [0.1, 0.15) is 10.0 Å². The van der Waals surface area contributed by atoms with Gasteiger partial charge >= 0.3 is 0 Å². The Hall–Kier alpha value is -1.12. The van der Waals surface area contributed by atoms with Crippen LogP contribution in [-0.4, -0.2) is 8.42 Å². The number of hydrogen-bond acceptors (Lipinski definition) is 4. The van der Waals surface area contributed by atoms with Gasteiger partial charge in [-0.1, -0.05) is 0 Å². The molecule has 1 aromatic carbocycles. The van der Waals surface area contributed by atoms with Gasteiger partial charge in [0.2, 0.25) is 0 Å². The van der Waals surface area contributed by atoms with Crippen LogP contribution >= 0.6 is 27.3 Å². The van der Waals surface area contributed by atoms with E-state index in [1.165, 1.54) is 18.2 Å². The topological polar surface area (TPSA) is 72.2 Å². The molecule has 0 spiro atoms. The van der Waals surface area contributed by atoms with Crippen molar-refractivity contribution in [2.45, 2.75) is 11.1 Å². The molecule has 0 aliphatic carbocycles. The Bertz CT molecular complexity index is 728. The van der Waals surface area contributed by atoms with Crippen molar-refractivity contribution in [3.63, 3.8) is 0 Å². The molecule has 2 aromatic rings. The van der Waals surface area contributed by atoms with Gasteiger partial charge in [-0.05, 0) is 46.6 Å². The molecule has 102 valence electrons. The minimum Gasteiger partial charge on any atom is -0.398 e. The quantitative estimate of drug-likeness (QED) is 0.876. The highest BCUT2D eigenvalue weighted by atomic mass is 79.9. The second-order valence-electron chi connectivity index (χ2n) is 3.89. The summed E-state index contributed by atoms with van der Waals surface area (Å²) in [7, 11) is -3.70. The Kier molecular flexibility index (Phi) is 3.84. The third kappa shape index (κ3) is 3.07. The first-order valence-electron chi connectivity index (χ1n) is 5.12. The van der Waals surface area contributed by atoms with Gasteiger partial charge in [0.15, 0.2) is 0 Å². The lowest BCUT2D eigenvalue weighted by Gasteiger charge is -2.10. The van der Waals surface area contributed by atoms with Crippen LogP contribution in [0.15, 0.2) is 32.3 Å². The van der Waals surface area contributed by atoms with Gasteiger partial charge in [-0.25, -0.2) is 12.8 Å². The average molecular weight is 365 g/mol. The zero-order chi connectivity index (χ0) is 14.2. The van der Waals surface area contributed by atoms with E-state index >= 15 is 0 Å². The fourth-order valence-electron chi connectivity index (χ4n) is 1.42. The summed E-state index contributed by atoms with van der Waals surface area (Å²) < 4.78 is 40.2. The standard InChI is InChI=1S/C11H10BrFN2O2S2/c1-6-2-9(13)8(12)4-10(6)15-19(16,17)11-3-7(14)5-18-11/h2-5,15H,14H2,1H3. The Morgan fingerprint density at radius 3 is 2.63 bits per heavy atom. The molecule has 0 aliphatic heterocycles. The van der Waals surface area contributed by atoms with Crippen molar-refractivity contribution in [1.82, 2.24) is 0 Å². The highest BCUT2D eigenvalue weighted by Crippen LogP contribution is 2.28. The van der Waals surface area contributed by atoms with Gasteiger partial charge in [-0.3, -0.25) is 4.72 Å². The lowest BCUT2D eigenvalue weighted by atomic mass is 10.2. The van der Waals surface area contributed by atoms with Gasteiger partial charge in [0.05, 0.1) is 10.2 Å². The highest BCUT2D eigenvalue weighted by Gasteiger charge is 2.18. The van der Waals surface area contributed by atoms with Crippen LogP contribution < -0.4 is 10.5 Å². The van der Waals surface area contributed by atoms with Crippen LogP contribution in [0.2, 0.25) is 0 Å². The van der Waals surface area contributed by atoms with Crippen LogP contribution in [0.3, 0.4) is 0 Å². The van der Waals surface area contributed by atoms with Gasteiger partial charge in [0, 0.05) is 11.1 Å². The zero-order valence-corrected chi connectivity index (χ0v) is 13.0. The second kappa shape index (κ2) is 5.10. The van der Waals surface area contributed by atoms with Crippen molar-refractivity contribution < 1.29 is 12.8 Å². The predicted molar refractivity (Wildman–Crippen MR) is 78.4 cm³/mol. The summed E-state index contributed by atoms with van der Waals surface area (Å²) in [4.78, 5) is 0. The Balaban J connectivity index is 2.38. The SMILES string of the molecule is Cc1cc(F)c(Br)cc1NS(=O)(=O)c1cc(N)cs1. The molecule has 1 heterocycles. The summed E-state index contributed by atoms with van der Waals surface area (Å²) in [6, 6.07) is 4.02. The largest absolute Gasteiger partial charge is 0.398 e. The number of nitrogen functional groups attached to an aromatic ring is 1. The molecule has 8 heteroatoms. The predicted octanol–water partition coefficient (Wildman–Crippen LogP) is 3.34. The molecule has 0 bridgehead atoms. The number of aryl methyl sites for hydroxylation is 1. The summed E-state index contributed by atoms with van der Waals surface area (Å²) in [5.74, 6) is -0.444. The van der Waals surface area contributed by atoms with Crippen LogP contribution in [0, 0.1) is 12.7 Å². The summed E-state index contributed by atoms with van der Waals surface area (Å²) in [6.45, 7) is 1.62. The van der Waals surface area contributed by atoms with Crippen molar-refractivity contribution in [3.05, 3.63) is 39.4 Å². The number of benzene rings is 1. The molecule has 0 amide bonds.